The molecule has 1 heterocycles. The molecule has 5 nitrogen and oxygen atoms in total. The molecule has 1 amide bonds. The molecule has 5 heteroatoms. The third-order valence-electron chi connectivity index (χ3n) is 3.85. The molecule has 126 valence electrons. The van der Waals surface area contributed by atoms with Gasteiger partial charge in [0.2, 0.25) is 0 Å². The van der Waals surface area contributed by atoms with Gasteiger partial charge in [-0.05, 0) is 33.3 Å². The number of amides is 1. The third-order valence-corrected chi connectivity index (χ3v) is 3.85. The number of methoxy groups -OCH3 is 1. The number of hydrogen-bond donors (Lipinski definition) is 0. The van der Waals surface area contributed by atoms with Crippen molar-refractivity contribution in [2.24, 2.45) is 5.92 Å². The van der Waals surface area contributed by atoms with E-state index in [1.165, 1.54) is 0 Å². The second-order valence-corrected chi connectivity index (χ2v) is 6.87. The summed E-state index contributed by atoms with van der Waals surface area (Å²) in [4.78, 5) is 26.2. The van der Waals surface area contributed by atoms with E-state index >= 15 is 0 Å². The molecule has 23 heavy (non-hydrogen) atoms. The molecule has 0 bridgehead atoms. The molecule has 0 N–H and O–H groups in total. The second-order valence-electron chi connectivity index (χ2n) is 6.87. The number of ketones is 1. The van der Waals surface area contributed by atoms with Crippen LogP contribution in [-0.2, 0) is 16.0 Å². The van der Waals surface area contributed by atoms with E-state index in [9.17, 15) is 9.59 Å². The summed E-state index contributed by atoms with van der Waals surface area (Å²) < 4.78 is 10.6. The second kappa shape index (κ2) is 7.02. The topological polar surface area (TPSA) is 55.8 Å². The summed E-state index contributed by atoms with van der Waals surface area (Å²) >= 11 is 0. The minimum Gasteiger partial charge on any atom is -0.496 e. The highest BCUT2D eigenvalue weighted by Crippen LogP contribution is 2.24. The average molecular weight is 319 g/mol. The van der Waals surface area contributed by atoms with Crippen LogP contribution in [0.5, 0.6) is 5.75 Å². The Morgan fingerprint density at radius 3 is 2.61 bits per heavy atom. The van der Waals surface area contributed by atoms with E-state index < -0.39 is 5.60 Å². The summed E-state index contributed by atoms with van der Waals surface area (Å²) in [5.41, 5.74) is 0.368. The van der Waals surface area contributed by atoms with Gasteiger partial charge in [0.1, 0.15) is 17.1 Å². The number of nitrogens with zero attached hydrogens (tertiary/aromatic N) is 1. The largest absolute Gasteiger partial charge is 0.496 e. The fourth-order valence-electron chi connectivity index (χ4n) is 2.70. The van der Waals surface area contributed by atoms with Gasteiger partial charge in [-0.1, -0.05) is 18.2 Å². The van der Waals surface area contributed by atoms with Crippen molar-refractivity contribution >= 4 is 11.9 Å². The molecule has 1 aromatic carbocycles. The minimum absolute atomic E-state index is 0.132. The summed E-state index contributed by atoms with van der Waals surface area (Å²) in [5.74, 6) is 0.732. The molecule has 1 aromatic rings. The molecule has 1 unspecified atom stereocenters. The number of para-hydroxylation sites is 1. The predicted molar refractivity (Wildman–Crippen MR) is 87.6 cm³/mol. The summed E-state index contributed by atoms with van der Waals surface area (Å²) in [5, 5.41) is 0. The number of carbonyl (C=O) groups excluding carboxylic acids is 2. The average Bonchev–Trinajstić information content (AvgIpc) is 2.96. The monoisotopic (exact) mass is 319 g/mol. The molecule has 2 rings (SSSR count). The lowest BCUT2D eigenvalue weighted by atomic mass is 9.97. The molecule has 1 fully saturated rings. The van der Waals surface area contributed by atoms with E-state index in [2.05, 4.69) is 0 Å². The zero-order valence-electron chi connectivity index (χ0n) is 14.3. The van der Waals surface area contributed by atoms with Crippen molar-refractivity contribution in [1.82, 2.24) is 4.90 Å². The molecule has 0 aromatic heterocycles. The van der Waals surface area contributed by atoms with Gasteiger partial charge in [-0.25, -0.2) is 4.79 Å². The molecule has 1 aliphatic rings. The highest BCUT2D eigenvalue weighted by molar-refractivity contribution is 5.85. The fourth-order valence-corrected chi connectivity index (χ4v) is 2.70. The van der Waals surface area contributed by atoms with Crippen molar-refractivity contribution in [2.75, 3.05) is 20.2 Å². The summed E-state index contributed by atoms with van der Waals surface area (Å²) in [7, 11) is 1.60. The van der Waals surface area contributed by atoms with Crippen LogP contribution in [0.4, 0.5) is 4.79 Å². The molecule has 0 aliphatic carbocycles. The van der Waals surface area contributed by atoms with Crippen molar-refractivity contribution in [3.8, 4) is 5.75 Å². The maximum Gasteiger partial charge on any atom is 0.410 e. The Labute approximate surface area is 137 Å². The zero-order valence-corrected chi connectivity index (χ0v) is 14.3. The van der Waals surface area contributed by atoms with Crippen LogP contribution in [0.3, 0.4) is 0 Å². The van der Waals surface area contributed by atoms with Crippen molar-refractivity contribution in [3.63, 3.8) is 0 Å². The molecule has 1 atom stereocenters. The lowest BCUT2D eigenvalue weighted by molar-refractivity contribution is -0.121. The maximum atomic E-state index is 12.5. The van der Waals surface area contributed by atoms with Gasteiger partial charge in [0.25, 0.3) is 0 Å². The smallest absolute Gasteiger partial charge is 0.410 e. The fraction of sp³-hybridized carbons (Fsp3) is 0.556. The van der Waals surface area contributed by atoms with Crippen molar-refractivity contribution in [2.45, 2.75) is 39.2 Å². The van der Waals surface area contributed by atoms with Gasteiger partial charge < -0.3 is 14.4 Å². The molecule has 1 aliphatic heterocycles. The van der Waals surface area contributed by atoms with Gasteiger partial charge in [0, 0.05) is 31.0 Å². The first-order chi connectivity index (χ1) is 10.8. The lowest BCUT2D eigenvalue weighted by Crippen LogP contribution is -2.36. The Balaban J connectivity index is 1.94. The Hall–Kier alpha value is -2.04. The van der Waals surface area contributed by atoms with Gasteiger partial charge in [0.05, 0.1) is 7.11 Å². The van der Waals surface area contributed by atoms with Crippen molar-refractivity contribution < 1.29 is 19.1 Å². The van der Waals surface area contributed by atoms with Crippen LogP contribution in [0.25, 0.3) is 0 Å². The first-order valence-electron chi connectivity index (χ1n) is 7.92. The van der Waals surface area contributed by atoms with E-state index in [0.717, 1.165) is 11.3 Å². The van der Waals surface area contributed by atoms with Crippen LogP contribution < -0.4 is 4.74 Å². The number of Topliss-reactive ketones (excluding diaryl/α,β-unsaturated/α-hetero) is 1. The van der Waals surface area contributed by atoms with Crippen LogP contribution >= 0.6 is 0 Å². The SMILES string of the molecule is COc1ccccc1CC(=O)C1CCN(C(=O)OC(C)(C)C)C1. The van der Waals surface area contributed by atoms with Crippen molar-refractivity contribution in [3.05, 3.63) is 29.8 Å². The normalized spacial score (nSPS) is 17.9. The first-order valence-corrected chi connectivity index (χ1v) is 7.92. The quantitative estimate of drug-likeness (QED) is 0.856. The van der Waals surface area contributed by atoms with E-state index in [1.807, 2.05) is 45.0 Å². The summed E-state index contributed by atoms with van der Waals surface area (Å²) in [6.45, 7) is 6.52. The van der Waals surface area contributed by atoms with Crippen LogP contribution in [-0.4, -0.2) is 42.6 Å². The number of ether oxygens (including phenoxy) is 2. The summed E-state index contributed by atoms with van der Waals surface area (Å²) in [6.07, 6.45) is 0.675. The van der Waals surface area contributed by atoms with E-state index in [-0.39, 0.29) is 17.8 Å². The predicted octanol–water partition coefficient (Wildman–Crippen LogP) is 3.06. The number of benzene rings is 1. The Morgan fingerprint density at radius 1 is 1.26 bits per heavy atom. The number of likely N-dealkylation sites (tertiary alicyclic amines) is 1. The Bertz CT molecular complexity index is 577. The van der Waals surface area contributed by atoms with Crippen LogP contribution in [0.2, 0.25) is 0 Å². The molecule has 0 radical (unpaired) electrons. The Morgan fingerprint density at radius 2 is 1.96 bits per heavy atom. The number of carbonyl (C=O) groups is 2. The Kier molecular flexibility index (Phi) is 5.29. The van der Waals surface area contributed by atoms with E-state index in [1.54, 1.807) is 12.0 Å². The van der Waals surface area contributed by atoms with Crippen LogP contribution in [0.1, 0.15) is 32.8 Å². The minimum atomic E-state index is -0.517. The van der Waals surface area contributed by atoms with Gasteiger partial charge in [0.15, 0.2) is 0 Å². The molecule has 0 spiro atoms. The summed E-state index contributed by atoms with van der Waals surface area (Å²) in [6, 6.07) is 7.53. The highest BCUT2D eigenvalue weighted by atomic mass is 16.6. The number of hydrogen-bond acceptors (Lipinski definition) is 4. The van der Waals surface area contributed by atoms with Gasteiger partial charge in [-0.15, -0.1) is 0 Å². The van der Waals surface area contributed by atoms with Gasteiger partial charge >= 0.3 is 6.09 Å². The van der Waals surface area contributed by atoms with Crippen molar-refractivity contribution in [1.29, 1.82) is 0 Å². The standard InChI is InChI=1S/C18H25NO4/c1-18(2,3)23-17(21)19-10-9-14(12-19)15(20)11-13-7-5-6-8-16(13)22-4/h5-8,14H,9-12H2,1-4H3. The molecule has 0 saturated carbocycles. The highest BCUT2D eigenvalue weighted by Gasteiger charge is 2.33. The maximum absolute atomic E-state index is 12.5. The van der Waals surface area contributed by atoms with E-state index in [4.69, 9.17) is 9.47 Å². The van der Waals surface area contributed by atoms with E-state index in [0.29, 0.717) is 25.9 Å². The lowest BCUT2D eigenvalue weighted by Gasteiger charge is -2.24. The third kappa shape index (κ3) is 4.71. The number of rotatable bonds is 4. The zero-order chi connectivity index (χ0) is 17.0. The van der Waals surface area contributed by atoms with Crippen LogP contribution in [0, 0.1) is 5.92 Å². The molecule has 1 saturated heterocycles. The van der Waals surface area contributed by atoms with Gasteiger partial charge in [-0.3, -0.25) is 4.79 Å². The molecular formula is C18H25NO4. The molecular weight excluding hydrogens is 294 g/mol. The first kappa shape index (κ1) is 17.3. The van der Waals surface area contributed by atoms with Crippen LogP contribution in [0.15, 0.2) is 24.3 Å². The van der Waals surface area contributed by atoms with Gasteiger partial charge in [-0.2, -0.15) is 0 Å².